The minimum absolute atomic E-state index is 0.434. The second-order valence-electron chi connectivity index (χ2n) is 41.3. The third-order valence-electron chi connectivity index (χ3n) is 34.3. The molecule has 0 unspecified atom stereocenters. The molecule has 0 aliphatic heterocycles. The summed E-state index contributed by atoms with van der Waals surface area (Å²) in [6.07, 6.45) is 0. The molecule has 8 heteroatoms. The number of para-hydroxylation sites is 2. The number of rotatable bonds is 6. The molecule has 0 saturated heterocycles. The quantitative estimate of drug-likeness (QED) is 0.156. The molecular formula is C142H80N4O2S2. The van der Waals surface area contributed by atoms with E-state index in [9.17, 15) is 0 Å². The van der Waals surface area contributed by atoms with Crippen molar-refractivity contribution in [3.8, 4) is 89.5 Å². The Kier molecular flexibility index (Phi) is 16.2. The van der Waals surface area contributed by atoms with Crippen LogP contribution in [0.15, 0.2) is 494 Å². The Morgan fingerprint density at radius 3 is 0.740 bits per heavy atom. The average Bonchev–Trinajstić information content (AvgIpc) is 1.50. The second kappa shape index (κ2) is 29.9. The fourth-order valence-corrected chi connectivity index (χ4v) is 30.7. The summed E-state index contributed by atoms with van der Waals surface area (Å²) in [5, 5.41) is 29.8. The predicted molar refractivity (Wildman–Crippen MR) is 629 cm³/mol. The Morgan fingerprint density at radius 1 is 0.160 bits per heavy atom. The molecule has 2 spiro atoms. The Labute approximate surface area is 866 Å². The van der Waals surface area contributed by atoms with Gasteiger partial charge in [-0.1, -0.05) is 364 Å². The van der Waals surface area contributed by atoms with Crippen LogP contribution in [0.5, 0.6) is 0 Å². The summed E-state index contributed by atoms with van der Waals surface area (Å²) >= 11 is 3.77. The van der Waals surface area contributed by atoms with Gasteiger partial charge in [-0.05, 0) is 297 Å². The number of nitrogens with zero attached hydrogens (tertiary/aromatic N) is 4. The van der Waals surface area contributed by atoms with Gasteiger partial charge in [-0.25, -0.2) is 0 Å². The maximum atomic E-state index is 7.03. The smallest absolute Gasteiger partial charge is 0.213 e. The zero-order valence-electron chi connectivity index (χ0n) is 80.6. The van der Waals surface area contributed by atoms with Gasteiger partial charge in [-0.15, -0.1) is 22.7 Å². The molecule has 8 aromatic heterocycles. The van der Waals surface area contributed by atoms with E-state index in [1.807, 2.05) is 22.7 Å². The van der Waals surface area contributed by atoms with E-state index in [0.717, 1.165) is 72.1 Å². The lowest BCUT2D eigenvalue weighted by Gasteiger charge is -2.30. The van der Waals surface area contributed by atoms with E-state index in [2.05, 4.69) is 504 Å². The van der Waals surface area contributed by atoms with Crippen LogP contribution in [0.3, 0.4) is 0 Å². The minimum Gasteiger partial charge on any atom is -0.439 e. The number of thiophene rings is 2. The first-order chi connectivity index (χ1) is 74.4. The van der Waals surface area contributed by atoms with E-state index < -0.39 is 10.8 Å². The first-order valence-corrected chi connectivity index (χ1v) is 53.4. The lowest BCUT2D eigenvalue weighted by molar-refractivity contribution is 0.645. The second-order valence-corrected chi connectivity index (χ2v) is 43.3. The predicted octanol–water partition coefficient (Wildman–Crippen LogP) is 38.6. The van der Waals surface area contributed by atoms with Gasteiger partial charge in [0.15, 0.2) is 0 Å². The Balaban J connectivity index is 0.000000128. The minimum atomic E-state index is -0.460. The molecule has 0 amide bonds. The largest absolute Gasteiger partial charge is 0.439 e. The van der Waals surface area contributed by atoms with E-state index in [0.29, 0.717) is 0 Å². The van der Waals surface area contributed by atoms with Crippen LogP contribution in [0.1, 0.15) is 44.5 Å². The average molecular weight is 1940 g/mol. The van der Waals surface area contributed by atoms with Gasteiger partial charge in [0, 0.05) is 86.0 Å². The third kappa shape index (κ3) is 10.6. The highest BCUT2D eigenvalue weighted by atomic mass is 32.1. The van der Waals surface area contributed by atoms with Gasteiger partial charge in [0.2, 0.25) is 11.4 Å². The number of hydrogen-bond acceptors (Lipinski definition) is 4. The lowest BCUT2D eigenvalue weighted by Crippen LogP contribution is -2.26. The standard InChI is InChI=1S/C78H44N2OS.C64H36N2OS/c1-9-25-61-49(17-1)50-18-2-10-26-62(50)77(61)65-29-13-5-21-53(65)55-37-35-47(43-67(55)77)79-69-39-33-45(41-59(69)73-57-23-7-15-31-71(57)81-75(73)79)46-34-40-70-60(42-46)74-58-24-8-16-32-72(58)82-76(74)80(70)48-36-38-56-54-22-6-14-30-66(54)78(68(56)44-48)63-27-11-3-19-51(63)52-20-4-12-28-64(52)78;1-3-17-45-41(13-1)43-15-5-7-19-47(43)53-35-39(27-29-49(45)53)65-57-31-25-37(33-55(57)61-51-21-9-11-23-59(51)67-63(61)65)38-26-32-58-56(34-38)62-52-22-10-12-24-60(52)68-64(62)66(58)40-28-30-50-46-18-4-2-14-42(46)44-16-6-8-20-48(44)54(50)36-40/h1-44H;1-36H. The number of benzene rings is 24. The van der Waals surface area contributed by atoms with Crippen molar-refractivity contribution in [2.75, 3.05) is 0 Å². The topological polar surface area (TPSA) is 46.0 Å². The van der Waals surface area contributed by atoms with Gasteiger partial charge in [0.1, 0.15) is 20.8 Å². The van der Waals surface area contributed by atoms with Gasteiger partial charge in [0.05, 0.1) is 43.7 Å². The van der Waals surface area contributed by atoms with Gasteiger partial charge in [-0.2, -0.15) is 0 Å². The zero-order valence-corrected chi connectivity index (χ0v) is 82.2. The molecule has 24 aromatic carbocycles. The molecule has 0 saturated carbocycles. The Bertz CT molecular complexity index is 10900. The monoisotopic (exact) mass is 1940 g/mol. The van der Waals surface area contributed by atoms with E-state index in [-0.39, 0.29) is 0 Å². The Hall–Kier alpha value is -19.0. The molecule has 32 aromatic rings. The molecule has 0 radical (unpaired) electrons. The van der Waals surface area contributed by atoms with Gasteiger partial charge in [0.25, 0.3) is 0 Å². The molecule has 6 nitrogen and oxygen atoms in total. The molecule has 0 N–H and O–H groups in total. The maximum absolute atomic E-state index is 7.03. The van der Waals surface area contributed by atoms with Gasteiger partial charge >= 0.3 is 0 Å². The van der Waals surface area contributed by atoms with Crippen molar-refractivity contribution in [2.24, 2.45) is 0 Å². The van der Waals surface area contributed by atoms with Crippen molar-refractivity contribution in [1.29, 1.82) is 0 Å². The third-order valence-corrected chi connectivity index (χ3v) is 36.6. The van der Waals surface area contributed by atoms with Crippen LogP contribution in [0.2, 0.25) is 0 Å². The molecule has 36 rings (SSSR count). The highest BCUT2D eigenvalue weighted by Gasteiger charge is 2.54. The summed E-state index contributed by atoms with van der Waals surface area (Å²) in [7, 11) is 0. The molecule has 0 bridgehead atoms. The highest BCUT2D eigenvalue weighted by molar-refractivity contribution is 7.26. The molecule has 150 heavy (non-hydrogen) atoms. The lowest BCUT2D eigenvalue weighted by atomic mass is 9.70. The summed E-state index contributed by atoms with van der Waals surface area (Å²) in [6.45, 7) is 0. The van der Waals surface area contributed by atoms with Crippen molar-refractivity contribution in [2.45, 2.75) is 10.8 Å². The van der Waals surface area contributed by atoms with Crippen LogP contribution >= 0.6 is 22.7 Å². The van der Waals surface area contributed by atoms with E-state index >= 15 is 0 Å². The van der Waals surface area contributed by atoms with Gasteiger partial charge in [-0.3, -0.25) is 9.13 Å². The number of fused-ring (bicyclic) bond motifs is 52. The SMILES string of the molecule is c1ccc2c(c1)-c1ccccc1C21c2ccccc2-c2ccc(-n3c4ccc(-c5ccc6c(c5)c5c7ccccc7sc5n6-c5ccc6c(c5)C5(c7ccccc7-c7ccccc75)c5ccccc5-6)cc4c4c5ccccc5oc43)cc21.c1ccc2c(c1)oc1c2c2cc(-c3ccc4c(c3)c3c5ccccc5sc3n4-c3ccc4c5ccccc5c5ccccc5c4c3)ccc2n1-c1ccc2c3ccccc3c3ccccc3c2c1. The van der Waals surface area contributed by atoms with Crippen LogP contribution in [0, 0.1) is 0 Å². The van der Waals surface area contributed by atoms with Crippen molar-refractivity contribution >= 4 is 216 Å². The van der Waals surface area contributed by atoms with Crippen molar-refractivity contribution in [1.82, 2.24) is 18.3 Å². The summed E-state index contributed by atoms with van der Waals surface area (Å²) in [4.78, 5) is 2.52. The van der Waals surface area contributed by atoms with Crippen LogP contribution in [0.4, 0.5) is 0 Å². The van der Waals surface area contributed by atoms with Crippen LogP contribution in [-0.4, -0.2) is 18.3 Å². The summed E-state index contributed by atoms with van der Waals surface area (Å²) in [5.74, 6) is 0. The number of furan rings is 2. The maximum Gasteiger partial charge on any atom is 0.213 e. The molecule has 692 valence electrons. The van der Waals surface area contributed by atoms with Crippen molar-refractivity contribution < 1.29 is 8.83 Å². The molecule has 4 aliphatic carbocycles. The molecular weight excluding hydrogens is 1860 g/mol. The molecule has 0 atom stereocenters. The molecule has 4 aliphatic rings. The molecule has 0 fully saturated rings. The zero-order chi connectivity index (χ0) is 97.3. The summed E-state index contributed by atoms with van der Waals surface area (Å²) in [6, 6.07) is 181. The fraction of sp³-hybridized carbons (Fsp3) is 0.0141. The first kappa shape index (κ1) is 81.4. The van der Waals surface area contributed by atoms with E-state index in [1.54, 1.807) is 0 Å². The molecule has 8 heterocycles. The number of hydrogen-bond donors (Lipinski definition) is 0. The highest BCUT2D eigenvalue weighted by Crippen LogP contribution is 2.66. The van der Waals surface area contributed by atoms with Crippen LogP contribution in [-0.2, 0) is 10.8 Å². The van der Waals surface area contributed by atoms with Crippen LogP contribution < -0.4 is 0 Å². The van der Waals surface area contributed by atoms with E-state index in [4.69, 9.17) is 8.83 Å². The summed E-state index contributed by atoms with van der Waals surface area (Å²) < 4.78 is 26.2. The van der Waals surface area contributed by atoms with Gasteiger partial charge < -0.3 is 18.0 Å². The van der Waals surface area contributed by atoms with E-state index in [1.165, 1.54) is 255 Å². The van der Waals surface area contributed by atoms with Crippen molar-refractivity contribution in [3.63, 3.8) is 0 Å². The van der Waals surface area contributed by atoms with Crippen LogP contribution in [0.25, 0.3) is 283 Å². The Morgan fingerprint density at radius 2 is 0.400 bits per heavy atom. The fourth-order valence-electron chi connectivity index (χ4n) is 28.2. The normalized spacial score (nSPS) is 13.4. The first-order valence-electron chi connectivity index (χ1n) is 51.8. The van der Waals surface area contributed by atoms with Crippen molar-refractivity contribution in [3.05, 3.63) is 530 Å². The summed E-state index contributed by atoms with van der Waals surface area (Å²) in [5.41, 5.74) is 37.6. The number of aromatic nitrogens is 4.